The fourth-order valence-corrected chi connectivity index (χ4v) is 0.978. The number of halogens is 1. The number of carboxylic acid groups (broad SMARTS) is 1. The second-order valence-corrected chi connectivity index (χ2v) is 3.00. The van der Waals surface area contributed by atoms with Gasteiger partial charge < -0.3 is 5.11 Å². The maximum Gasteiger partial charge on any atom is 0.345 e. The lowest BCUT2D eigenvalue weighted by Gasteiger charge is -1.95. The van der Waals surface area contributed by atoms with Crippen LogP contribution < -0.4 is 0 Å². The Balaban J connectivity index is 2.82. The van der Waals surface area contributed by atoms with E-state index in [1.54, 1.807) is 18.2 Å². The molecule has 1 atom stereocenters. The molecule has 5 nitrogen and oxygen atoms in total. The Kier molecular flexibility index (Phi) is 3.77. The van der Waals surface area contributed by atoms with Crippen LogP contribution in [0.4, 0.5) is 5.69 Å². The van der Waals surface area contributed by atoms with Crippen LogP contribution in [0.3, 0.4) is 0 Å². The van der Waals surface area contributed by atoms with Crippen LogP contribution in [0.2, 0.25) is 5.02 Å². The molecule has 0 amide bonds. The molecule has 0 aliphatic rings. The zero-order chi connectivity index (χ0) is 11.3. The van der Waals surface area contributed by atoms with Crippen LogP contribution in [-0.4, -0.2) is 17.1 Å². The average molecular weight is 224 g/mol. The molecule has 1 aromatic carbocycles. The Labute approximate surface area is 90.6 Å². The maximum absolute atomic E-state index is 10.4. The second-order valence-electron chi connectivity index (χ2n) is 2.57. The van der Waals surface area contributed by atoms with Gasteiger partial charge >= 0.3 is 5.97 Å². The van der Waals surface area contributed by atoms with Gasteiger partial charge in [-0.25, -0.2) is 4.79 Å². The van der Waals surface area contributed by atoms with Gasteiger partial charge in [-0.2, -0.15) is 15.5 Å². The van der Waals surface area contributed by atoms with Gasteiger partial charge in [0.05, 0.1) is 5.69 Å². The number of rotatable bonds is 3. The Bertz CT molecular complexity index is 439. The van der Waals surface area contributed by atoms with Gasteiger partial charge in [0.15, 0.2) is 0 Å². The summed E-state index contributed by atoms with van der Waals surface area (Å²) in [5.74, 6) is -1.33. The lowest BCUT2D eigenvalue weighted by atomic mass is 10.3. The Morgan fingerprint density at radius 1 is 1.60 bits per heavy atom. The molecule has 1 N–H and O–H groups in total. The Hall–Kier alpha value is -1.93. The van der Waals surface area contributed by atoms with Gasteiger partial charge in [-0.15, -0.1) is 0 Å². The SMILES string of the molecule is N#CC(N=Nc1cccc(Cl)c1)C(=O)O. The summed E-state index contributed by atoms with van der Waals surface area (Å²) in [6.45, 7) is 0. The first kappa shape index (κ1) is 11.1. The quantitative estimate of drug-likeness (QED) is 0.799. The van der Waals surface area contributed by atoms with Crippen molar-refractivity contribution in [2.24, 2.45) is 10.2 Å². The van der Waals surface area contributed by atoms with E-state index >= 15 is 0 Å². The highest BCUT2D eigenvalue weighted by Gasteiger charge is 2.14. The van der Waals surface area contributed by atoms with Crippen LogP contribution in [0.5, 0.6) is 0 Å². The summed E-state index contributed by atoms with van der Waals surface area (Å²) >= 11 is 5.67. The van der Waals surface area contributed by atoms with Gasteiger partial charge in [0, 0.05) is 5.02 Å². The van der Waals surface area contributed by atoms with E-state index < -0.39 is 12.0 Å². The first-order valence-electron chi connectivity index (χ1n) is 3.92. The van der Waals surface area contributed by atoms with Crippen LogP contribution in [-0.2, 0) is 4.79 Å². The number of carbonyl (C=O) groups is 1. The molecule has 0 saturated heterocycles. The fraction of sp³-hybridized carbons (Fsp3) is 0.111. The van der Waals surface area contributed by atoms with Crippen molar-refractivity contribution in [2.45, 2.75) is 6.04 Å². The molecule has 0 radical (unpaired) electrons. The predicted molar refractivity (Wildman–Crippen MR) is 53.0 cm³/mol. The van der Waals surface area contributed by atoms with Crippen LogP contribution in [0.15, 0.2) is 34.5 Å². The molecule has 0 spiro atoms. The first-order valence-corrected chi connectivity index (χ1v) is 4.30. The van der Waals surface area contributed by atoms with Crippen molar-refractivity contribution >= 4 is 23.3 Å². The van der Waals surface area contributed by atoms with Crippen molar-refractivity contribution in [3.05, 3.63) is 29.3 Å². The van der Waals surface area contributed by atoms with E-state index in [2.05, 4.69) is 10.2 Å². The minimum atomic E-state index is -1.48. The third kappa shape index (κ3) is 3.37. The van der Waals surface area contributed by atoms with Crippen LogP contribution >= 0.6 is 11.6 Å². The molecule has 0 bridgehead atoms. The minimum absolute atomic E-state index is 0.406. The molecule has 6 heteroatoms. The molecular weight excluding hydrogens is 218 g/mol. The number of azo groups is 1. The van der Waals surface area contributed by atoms with E-state index in [4.69, 9.17) is 22.0 Å². The van der Waals surface area contributed by atoms with Gasteiger partial charge in [0.25, 0.3) is 6.04 Å². The molecule has 0 saturated carbocycles. The molecular formula is C9H6ClN3O2. The molecule has 1 aromatic rings. The zero-order valence-electron chi connectivity index (χ0n) is 7.46. The number of hydrogen-bond acceptors (Lipinski definition) is 4. The minimum Gasteiger partial charge on any atom is -0.479 e. The monoisotopic (exact) mass is 223 g/mol. The van der Waals surface area contributed by atoms with Crippen molar-refractivity contribution in [2.75, 3.05) is 0 Å². The van der Waals surface area contributed by atoms with E-state index in [1.165, 1.54) is 12.1 Å². The van der Waals surface area contributed by atoms with Crippen LogP contribution in [0.25, 0.3) is 0 Å². The van der Waals surface area contributed by atoms with Gasteiger partial charge in [-0.1, -0.05) is 17.7 Å². The van der Waals surface area contributed by atoms with Crippen molar-refractivity contribution < 1.29 is 9.90 Å². The standard InChI is InChI=1S/C9H6ClN3O2/c10-6-2-1-3-7(4-6)12-13-8(5-11)9(14)15/h1-4,8H,(H,14,15). The molecule has 0 aliphatic carbocycles. The lowest BCUT2D eigenvalue weighted by Crippen LogP contribution is -2.14. The summed E-state index contributed by atoms with van der Waals surface area (Å²) in [7, 11) is 0. The van der Waals surface area contributed by atoms with Crippen LogP contribution in [0.1, 0.15) is 0 Å². The van der Waals surface area contributed by atoms with Gasteiger partial charge in [0.2, 0.25) is 0 Å². The summed E-state index contributed by atoms with van der Waals surface area (Å²) < 4.78 is 0. The van der Waals surface area contributed by atoms with E-state index in [9.17, 15) is 4.79 Å². The Morgan fingerprint density at radius 2 is 2.33 bits per heavy atom. The topological polar surface area (TPSA) is 85.8 Å². The second kappa shape index (κ2) is 5.08. The van der Waals surface area contributed by atoms with Gasteiger partial charge in [-0.3, -0.25) is 0 Å². The number of aliphatic carboxylic acids is 1. The molecule has 0 aliphatic heterocycles. The zero-order valence-corrected chi connectivity index (χ0v) is 8.22. The highest BCUT2D eigenvalue weighted by molar-refractivity contribution is 6.30. The van der Waals surface area contributed by atoms with E-state index in [1.807, 2.05) is 0 Å². The van der Waals surface area contributed by atoms with Crippen LogP contribution in [0, 0.1) is 11.3 Å². The Morgan fingerprint density at radius 3 is 2.87 bits per heavy atom. The largest absolute Gasteiger partial charge is 0.479 e. The first-order chi connectivity index (χ1) is 7.13. The highest BCUT2D eigenvalue weighted by atomic mass is 35.5. The highest BCUT2D eigenvalue weighted by Crippen LogP contribution is 2.18. The molecule has 1 rings (SSSR count). The summed E-state index contributed by atoms with van der Waals surface area (Å²) in [5.41, 5.74) is 0.406. The number of benzene rings is 1. The molecule has 0 heterocycles. The van der Waals surface area contributed by atoms with Gasteiger partial charge in [0.1, 0.15) is 6.07 Å². The third-order valence-corrected chi connectivity index (χ3v) is 1.69. The average Bonchev–Trinajstić information content (AvgIpc) is 2.18. The molecule has 0 fully saturated rings. The van der Waals surface area contributed by atoms with Crippen molar-refractivity contribution in [3.63, 3.8) is 0 Å². The summed E-state index contributed by atoms with van der Waals surface area (Å²) in [6, 6.07) is 6.43. The number of nitrogens with zero attached hydrogens (tertiary/aromatic N) is 3. The number of hydrogen-bond donors (Lipinski definition) is 1. The molecule has 76 valence electrons. The lowest BCUT2D eigenvalue weighted by molar-refractivity contribution is -0.137. The van der Waals surface area contributed by atoms with Crippen molar-refractivity contribution in [1.29, 1.82) is 5.26 Å². The van der Waals surface area contributed by atoms with Crippen molar-refractivity contribution in [1.82, 2.24) is 0 Å². The predicted octanol–water partition coefficient (Wildman–Crippen LogP) is 2.40. The van der Waals surface area contributed by atoms with E-state index in [0.717, 1.165) is 0 Å². The van der Waals surface area contributed by atoms with E-state index in [-0.39, 0.29) is 0 Å². The summed E-state index contributed by atoms with van der Waals surface area (Å²) in [4.78, 5) is 10.4. The summed E-state index contributed by atoms with van der Waals surface area (Å²) in [5, 5.41) is 24.3. The fourth-order valence-electron chi connectivity index (χ4n) is 0.793. The molecule has 1 unspecified atom stereocenters. The number of nitriles is 1. The molecule has 15 heavy (non-hydrogen) atoms. The van der Waals surface area contributed by atoms with Gasteiger partial charge in [-0.05, 0) is 18.2 Å². The van der Waals surface area contributed by atoms with E-state index in [0.29, 0.717) is 10.7 Å². The van der Waals surface area contributed by atoms with Crippen molar-refractivity contribution in [3.8, 4) is 6.07 Å². The maximum atomic E-state index is 10.4. The number of carboxylic acids is 1. The summed E-state index contributed by atoms with van der Waals surface area (Å²) in [6.07, 6.45) is 0. The normalized spacial score (nSPS) is 12.3. The third-order valence-electron chi connectivity index (χ3n) is 1.45. The smallest absolute Gasteiger partial charge is 0.345 e. The molecule has 0 aromatic heterocycles.